The highest BCUT2D eigenvalue weighted by atomic mass is 35.5. The molecule has 3 rings (SSSR count). The van der Waals surface area contributed by atoms with Crippen molar-refractivity contribution in [2.75, 3.05) is 0 Å². The van der Waals surface area contributed by atoms with E-state index >= 15 is 0 Å². The molecule has 6 heteroatoms. The number of carbonyl (C=O) groups excluding carboxylic acids is 1. The van der Waals surface area contributed by atoms with E-state index in [2.05, 4.69) is 10.3 Å². The first-order valence-electron chi connectivity index (χ1n) is 6.86. The van der Waals surface area contributed by atoms with Crippen molar-refractivity contribution in [2.24, 2.45) is 0 Å². The van der Waals surface area contributed by atoms with Crippen LogP contribution >= 0.6 is 23.2 Å². The number of rotatable bonds is 4. The summed E-state index contributed by atoms with van der Waals surface area (Å²) in [6, 6.07) is 14.6. The van der Waals surface area contributed by atoms with Gasteiger partial charge < -0.3 is 9.73 Å². The Hall–Kier alpha value is -2.30. The smallest absolute Gasteiger partial charge is 0.273 e. The number of amides is 1. The number of aromatic nitrogens is 1. The average Bonchev–Trinajstić information content (AvgIpc) is 3.06. The summed E-state index contributed by atoms with van der Waals surface area (Å²) in [7, 11) is 0. The van der Waals surface area contributed by atoms with Crippen molar-refractivity contribution >= 4 is 29.1 Å². The molecule has 1 aromatic heterocycles. The minimum Gasteiger partial charge on any atom is -0.444 e. The van der Waals surface area contributed by atoms with Crippen LogP contribution in [0.2, 0.25) is 10.0 Å². The van der Waals surface area contributed by atoms with Crippen LogP contribution in [0, 0.1) is 0 Å². The molecule has 0 aliphatic heterocycles. The number of hydrogen-bond donors (Lipinski definition) is 1. The molecule has 116 valence electrons. The van der Waals surface area contributed by atoms with Crippen molar-refractivity contribution in [1.82, 2.24) is 10.3 Å². The fourth-order valence-electron chi connectivity index (χ4n) is 2.01. The average molecular weight is 347 g/mol. The summed E-state index contributed by atoms with van der Waals surface area (Å²) in [6.45, 7) is 0.425. The summed E-state index contributed by atoms with van der Waals surface area (Å²) in [5, 5.41) is 3.64. The molecule has 0 saturated heterocycles. The van der Waals surface area contributed by atoms with Gasteiger partial charge in [-0.15, -0.1) is 0 Å². The highest BCUT2D eigenvalue weighted by Gasteiger charge is 2.14. The molecule has 0 bridgehead atoms. The third kappa shape index (κ3) is 3.73. The van der Waals surface area contributed by atoms with Gasteiger partial charge in [-0.1, -0.05) is 53.5 Å². The molecule has 3 aromatic rings. The van der Waals surface area contributed by atoms with Gasteiger partial charge in [0.2, 0.25) is 5.89 Å². The number of nitrogens with one attached hydrogen (secondary N) is 1. The normalized spacial score (nSPS) is 10.5. The minimum absolute atomic E-state index is 0.210. The zero-order valence-corrected chi connectivity index (χ0v) is 13.4. The van der Waals surface area contributed by atoms with Gasteiger partial charge >= 0.3 is 0 Å². The highest BCUT2D eigenvalue weighted by Crippen LogP contribution is 2.28. The summed E-state index contributed by atoms with van der Waals surface area (Å²) in [4.78, 5) is 16.3. The van der Waals surface area contributed by atoms with Crippen LogP contribution in [0.4, 0.5) is 0 Å². The molecule has 0 unspecified atom stereocenters. The molecule has 1 amide bonds. The second kappa shape index (κ2) is 6.86. The number of oxazole rings is 1. The third-order valence-corrected chi connectivity index (χ3v) is 3.94. The maximum atomic E-state index is 12.1. The fraction of sp³-hybridized carbons (Fsp3) is 0.0588. The van der Waals surface area contributed by atoms with Crippen molar-refractivity contribution in [3.05, 3.63) is 76.1 Å². The van der Waals surface area contributed by atoms with E-state index < -0.39 is 0 Å². The van der Waals surface area contributed by atoms with Crippen molar-refractivity contribution < 1.29 is 9.21 Å². The van der Waals surface area contributed by atoms with E-state index in [9.17, 15) is 4.79 Å². The maximum absolute atomic E-state index is 12.1. The Bertz CT molecular complexity index is 832. The lowest BCUT2D eigenvalue weighted by Gasteiger charge is -2.02. The van der Waals surface area contributed by atoms with E-state index in [0.29, 0.717) is 28.0 Å². The van der Waals surface area contributed by atoms with Crippen LogP contribution in [0.25, 0.3) is 11.5 Å². The maximum Gasteiger partial charge on any atom is 0.273 e. The predicted octanol–water partition coefficient (Wildman–Crippen LogP) is 4.58. The highest BCUT2D eigenvalue weighted by molar-refractivity contribution is 6.42. The van der Waals surface area contributed by atoms with Crippen molar-refractivity contribution in [2.45, 2.75) is 6.54 Å². The molecule has 2 aromatic carbocycles. The largest absolute Gasteiger partial charge is 0.444 e. The zero-order valence-electron chi connectivity index (χ0n) is 11.9. The Morgan fingerprint density at radius 3 is 2.61 bits per heavy atom. The molecule has 1 N–H and O–H groups in total. The van der Waals surface area contributed by atoms with Crippen LogP contribution < -0.4 is 5.32 Å². The molecular weight excluding hydrogens is 335 g/mol. The van der Waals surface area contributed by atoms with E-state index in [-0.39, 0.29) is 11.6 Å². The lowest BCUT2D eigenvalue weighted by Crippen LogP contribution is -2.23. The van der Waals surface area contributed by atoms with Gasteiger partial charge in [0.15, 0.2) is 5.69 Å². The van der Waals surface area contributed by atoms with Gasteiger partial charge in [-0.05, 0) is 23.8 Å². The zero-order chi connectivity index (χ0) is 16.2. The lowest BCUT2D eigenvalue weighted by molar-refractivity contribution is 0.0946. The van der Waals surface area contributed by atoms with Crippen molar-refractivity contribution in [1.29, 1.82) is 0 Å². The second-order valence-corrected chi connectivity index (χ2v) is 5.65. The Kier molecular flexibility index (Phi) is 4.65. The quantitative estimate of drug-likeness (QED) is 0.752. The standard InChI is InChI=1S/C17H12Cl2N2O2/c18-13-7-6-12(8-14(13)19)17-21-15(10-23-17)16(22)20-9-11-4-2-1-3-5-11/h1-8,10H,9H2,(H,20,22). The van der Waals surface area contributed by atoms with Crippen molar-refractivity contribution in [3.8, 4) is 11.5 Å². The molecule has 0 radical (unpaired) electrons. The van der Waals surface area contributed by atoms with E-state index in [1.165, 1.54) is 6.26 Å². The fourth-order valence-corrected chi connectivity index (χ4v) is 2.31. The molecule has 0 fully saturated rings. The Morgan fingerprint density at radius 1 is 1.09 bits per heavy atom. The molecule has 0 spiro atoms. The predicted molar refractivity (Wildman–Crippen MR) is 89.6 cm³/mol. The van der Waals surface area contributed by atoms with Gasteiger partial charge in [0.05, 0.1) is 10.0 Å². The van der Waals surface area contributed by atoms with Gasteiger partial charge in [-0.3, -0.25) is 4.79 Å². The van der Waals surface area contributed by atoms with Gasteiger partial charge in [0.1, 0.15) is 6.26 Å². The van der Waals surface area contributed by atoms with E-state index in [0.717, 1.165) is 5.56 Å². The molecule has 0 aliphatic carbocycles. The van der Waals surface area contributed by atoms with E-state index in [1.807, 2.05) is 30.3 Å². The Morgan fingerprint density at radius 2 is 1.87 bits per heavy atom. The molecule has 4 nitrogen and oxygen atoms in total. The number of benzene rings is 2. The van der Waals surface area contributed by atoms with Crippen LogP contribution in [0.5, 0.6) is 0 Å². The summed E-state index contributed by atoms with van der Waals surface area (Å²) in [5.74, 6) is 0.0114. The summed E-state index contributed by atoms with van der Waals surface area (Å²) in [6.07, 6.45) is 1.32. The van der Waals surface area contributed by atoms with Crippen molar-refractivity contribution in [3.63, 3.8) is 0 Å². The number of hydrogen-bond acceptors (Lipinski definition) is 3. The van der Waals surface area contributed by atoms with Crippen LogP contribution in [-0.2, 0) is 6.54 Å². The monoisotopic (exact) mass is 346 g/mol. The van der Waals surface area contributed by atoms with Gasteiger partial charge in [0, 0.05) is 12.1 Å². The molecule has 0 saturated carbocycles. The first-order valence-corrected chi connectivity index (χ1v) is 7.62. The Balaban J connectivity index is 1.71. The number of carbonyl (C=O) groups is 1. The van der Waals surface area contributed by atoms with Gasteiger partial charge in [-0.25, -0.2) is 4.98 Å². The minimum atomic E-state index is -0.302. The molecule has 23 heavy (non-hydrogen) atoms. The topological polar surface area (TPSA) is 55.1 Å². The Labute approximate surface area is 143 Å². The third-order valence-electron chi connectivity index (χ3n) is 3.20. The van der Waals surface area contributed by atoms with Crippen LogP contribution in [0.15, 0.2) is 59.2 Å². The molecule has 0 atom stereocenters. The molecule has 1 heterocycles. The van der Waals surface area contributed by atoms with Crippen LogP contribution in [0.1, 0.15) is 16.1 Å². The lowest BCUT2D eigenvalue weighted by atomic mass is 10.2. The molecule has 0 aliphatic rings. The first kappa shape index (κ1) is 15.6. The van der Waals surface area contributed by atoms with Gasteiger partial charge in [-0.2, -0.15) is 0 Å². The molecular formula is C17H12Cl2N2O2. The van der Waals surface area contributed by atoms with Crippen LogP contribution in [-0.4, -0.2) is 10.9 Å². The first-order chi connectivity index (χ1) is 11.1. The summed E-state index contributed by atoms with van der Waals surface area (Å²) in [5.41, 5.74) is 1.87. The van der Waals surface area contributed by atoms with Crippen LogP contribution in [0.3, 0.4) is 0 Å². The summed E-state index contributed by atoms with van der Waals surface area (Å²) < 4.78 is 5.35. The van der Waals surface area contributed by atoms with E-state index in [4.69, 9.17) is 27.6 Å². The SMILES string of the molecule is O=C(NCc1ccccc1)c1coc(-c2ccc(Cl)c(Cl)c2)n1. The number of halogens is 2. The van der Waals surface area contributed by atoms with E-state index in [1.54, 1.807) is 18.2 Å². The summed E-state index contributed by atoms with van der Waals surface area (Å²) >= 11 is 11.8. The van der Waals surface area contributed by atoms with Gasteiger partial charge in [0.25, 0.3) is 5.91 Å². The number of nitrogens with zero attached hydrogens (tertiary/aromatic N) is 1. The second-order valence-electron chi connectivity index (χ2n) is 4.84.